The predicted octanol–water partition coefficient (Wildman–Crippen LogP) is 2.55. The van der Waals surface area contributed by atoms with E-state index in [2.05, 4.69) is 37.4 Å². The molecule has 14 heavy (non-hydrogen) atoms. The van der Waals surface area contributed by atoms with Gasteiger partial charge in [0.2, 0.25) is 0 Å². The molecule has 1 aromatic rings. The molecule has 5 heteroatoms. The van der Waals surface area contributed by atoms with Crippen LogP contribution in [-0.2, 0) is 6.54 Å². The summed E-state index contributed by atoms with van der Waals surface area (Å²) in [5.74, 6) is 0. The molecule has 2 heterocycles. The van der Waals surface area contributed by atoms with E-state index in [1.165, 1.54) is 9.35 Å². The van der Waals surface area contributed by atoms with Crippen molar-refractivity contribution in [1.82, 2.24) is 4.90 Å². The van der Waals surface area contributed by atoms with Crippen molar-refractivity contribution in [3.8, 4) is 0 Å². The molecule has 76 valence electrons. The van der Waals surface area contributed by atoms with Gasteiger partial charge in [-0.3, -0.25) is 4.90 Å². The van der Waals surface area contributed by atoms with E-state index >= 15 is 0 Å². The van der Waals surface area contributed by atoms with Gasteiger partial charge < -0.3 is 5.21 Å². The molecule has 0 atom stereocenters. The highest BCUT2D eigenvalue weighted by Crippen LogP contribution is 2.25. The van der Waals surface area contributed by atoms with Crippen molar-refractivity contribution in [2.24, 2.45) is 5.16 Å². The van der Waals surface area contributed by atoms with Gasteiger partial charge in [0.15, 0.2) is 0 Å². The molecule has 0 bridgehead atoms. The van der Waals surface area contributed by atoms with Gasteiger partial charge in [-0.2, -0.15) is 0 Å². The van der Waals surface area contributed by atoms with Crippen LogP contribution >= 0.6 is 27.3 Å². The van der Waals surface area contributed by atoms with Gasteiger partial charge in [0.1, 0.15) is 0 Å². The molecule has 2 rings (SSSR count). The predicted molar refractivity (Wildman–Crippen MR) is 61.1 cm³/mol. The van der Waals surface area contributed by atoms with E-state index in [0.717, 1.165) is 31.8 Å². The lowest BCUT2D eigenvalue weighted by atomic mass is 10.3. The molecule has 0 amide bonds. The molecule has 0 radical (unpaired) electrons. The fraction of sp³-hybridized carbons (Fsp3) is 0.444. The highest BCUT2D eigenvalue weighted by molar-refractivity contribution is 9.11. The molecule has 3 nitrogen and oxygen atoms in total. The number of nitrogens with zero attached hydrogens (tertiary/aromatic N) is 2. The smallest absolute Gasteiger partial charge is 0.0743 e. The molecule has 0 saturated carbocycles. The maximum absolute atomic E-state index is 8.62. The van der Waals surface area contributed by atoms with Crippen LogP contribution in [-0.4, -0.2) is 28.9 Å². The molecule has 1 aliphatic rings. The first-order valence-electron chi connectivity index (χ1n) is 4.43. The van der Waals surface area contributed by atoms with Crippen LogP contribution in [0.4, 0.5) is 0 Å². The third-order valence-corrected chi connectivity index (χ3v) is 4.16. The summed E-state index contributed by atoms with van der Waals surface area (Å²) in [6, 6.07) is 2.13. The molecular weight excluding hydrogens is 264 g/mol. The number of likely N-dealkylation sites (tertiary alicyclic amines) is 1. The van der Waals surface area contributed by atoms with Crippen molar-refractivity contribution in [2.45, 2.75) is 13.0 Å². The second-order valence-corrected chi connectivity index (χ2v) is 5.58. The lowest BCUT2D eigenvalue weighted by Gasteiger charge is -2.12. The first kappa shape index (κ1) is 10.1. The van der Waals surface area contributed by atoms with Crippen LogP contribution < -0.4 is 0 Å². The van der Waals surface area contributed by atoms with Gasteiger partial charge in [-0.05, 0) is 32.9 Å². The molecule has 1 aromatic heterocycles. The highest BCUT2D eigenvalue weighted by Gasteiger charge is 2.19. The van der Waals surface area contributed by atoms with Crippen LogP contribution in [0.25, 0.3) is 0 Å². The number of oxime groups is 1. The van der Waals surface area contributed by atoms with Gasteiger partial charge in [0.25, 0.3) is 0 Å². The lowest BCUT2D eigenvalue weighted by Crippen LogP contribution is -2.19. The van der Waals surface area contributed by atoms with Crippen LogP contribution in [0.3, 0.4) is 0 Å². The number of hydrogen-bond donors (Lipinski definition) is 1. The fourth-order valence-electron chi connectivity index (χ4n) is 1.59. The van der Waals surface area contributed by atoms with Crippen molar-refractivity contribution in [2.75, 3.05) is 13.1 Å². The average molecular weight is 275 g/mol. The Bertz CT molecular complexity index is 350. The molecule has 1 aliphatic heterocycles. The van der Waals surface area contributed by atoms with Crippen molar-refractivity contribution in [3.63, 3.8) is 0 Å². The number of hydrogen-bond acceptors (Lipinski definition) is 4. The molecule has 1 fully saturated rings. The Labute approximate surface area is 95.2 Å². The van der Waals surface area contributed by atoms with Gasteiger partial charge in [0, 0.05) is 26.1 Å². The Morgan fingerprint density at radius 3 is 3.07 bits per heavy atom. The summed E-state index contributed by atoms with van der Waals surface area (Å²) < 4.78 is 1.20. The molecule has 0 spiro atoms. The minimum Gasteiger partial charge on any atom is -0.411 e. The Morgan fingerprint density at radius 2 is 2.50 bits per heavy atom. The topological polar surface area (TPSA) is 35.8 Å². The Kier molecular flexibility index (Phi) is 3.20. The standard InChI is InChI=1S/C9H11BrN2OS/c10-9-7(2-4-14-9)5-12-3-1-8(6-12)11-13/h2,4,13H,1,3,5-6H2/b11-8-. The summed E-state index contributed by atoms with van der Waals surface area (Å²) in [6.45, 7) is 2.71. The summed E-state index contributed by atoms with van der Waals surface area (Å²) in [5, 5.41) is 14.0. The van der Waals surface area contributed by atoms with Crippen LogP contribution in [0.5, 0.6) is 0 Å². The molecule has 1 N–H and O–H groups in total. The maximum Gasteiger partial charge on any atom is 0.0743 e. The number of rotatable bonds is 2. The van der Waals surface area contributed by atoms with Gasteiger partial charge in [0.05, 0.1) is 9.50 Å². The van der Waals surface area contributed by atoms with Crippen molar-refractivity contribution in [3.05, 3.63) is 20.8 Å². The normalized spacial score (nSPS) is 20.8. The summed E-state index contributed by atoms with van der Waals surface area (Å²) in [5.41, 5.74) is 2.20. The lowest BCUT2D eigenvalue weighted by molar-refractivity contribution is 0.313. The Hall–Kier alpha value is -0.390. The average Bonchev–Trinajstić information content (AvgIpc) is 2.77. The SMILES string of the molecule is O/N=C1/CCN(Cc2ccsc2Br)C1. The van der Waals surface area contributed by atoms with E-state index in [0.29, 0.717) is 0 Å². The first-order chi connectivity index (χ1) is 6.79. The minimum atomic E-state index is 0.790. The van der Waals surface area contributed by atoms with Gasteiger partial charge in [-0.25, -0.2) is 0 Å². The Morgan fingerprint density at radius 1 is 1.64 bits per heavy atom. The molecule has 0 aliphatic carbocycles. The van der Waals surface area contributed by atoms with Gasteiger partial charge in [-0.1, -0.05) is 5.16 Å². The molecule has 1 saturated heterocycles. The highest BCUT2D eigenvalue weighted by atomic mass is 79.9. The molecule has 0 unspecified atom stereocenters. The van der Waals surface area contributed by atoms with Crippen LogP contribution in [0.15, 0.2) is 20.4 Å². The summed E-state index contributed by atoms with van der Waals surface area (Å²) in [7, 11) is 0. The zero-order chi connectivity index (χ0) is 9.97. The number of halogens is 1. The minimum absolute atomic E-state index is 0.790. The van der Waals surface area contributed by atoms with Gasteiger partial charge in [-0.15, -0.1) is 11.3 Å². The van der Waals surface area contributed by atoms with Crippen LogP contribution in [0.1, 0.15) is 12.0 Å². The summed E-state index contributed by atoms with van der Waals surface area (Å²) in [4.78, 5) is 2.28. The third kappa shape index (κ3) is 2.16. The van der Waals surface area contributed by atoms with E-state index in [4.69, 9.17) is 5.21 Å². The first-order valence-corrected chi connectivity index (χ1v) is 6.11. The number of thiophene rings is 1. The van der Waals surface area contributed by atoms with E-state index in [9.17, 15) is 0 Å². The third-order valence-electron chi connectivity index (χ3n) is 2.35. The van der Waals surface area contributed by atoms with E-state index < -0.39 is 0 Å². The van der Waals surface area contributed by atoms with Crippen LogP contribution in [0, 0.1) is 0 Å². The second kappa shape index (κ2) is 4.42. The van der Waals surface area contributed by atoms with Crippen LogP contribution in [0.2, 0.25) is 0 Å². The molecule has 0 aromatic carbocycles. The van der Waals surface area contributed by atoms with E-state index in [-0.39, 0.29) is 0 Å². The van der Waals surface area contributed by atoms with Crippen molar-refractivity contribution < 1.29 is 5.21 Å². The zero-order valence-electron chi connectivity index (χ0n) is 7.61. The monoisotopic (exact) mass is 274 g/mol. The van der Waals surface area contributed by atoms with E-state index in [1.54, 1.807) is 11.3 Å². The maximum atomic E-state index is 8.62. The van der Waals surface area contributed by atoms with E-state index in [1.807, 2.05) is 0 Å². The summed E-state index contributed by atoms with van der Waals surface area (Å²) >= 11 is 5.22. The van der Waals surface area contributed by atoms with Gasteiger partial charge >= 0.3 is 0 Å². The Balaban J connectivity index is 1.97. The second-order valence-electron chi connectivity index (χ2n) is 3.35. The van der Waals surface area contributed by atoms with Crippen molar-refractivity contribution in [1.29, 1.82) is 0 Å². The zero-order valence-corrected chi connectivity index (χ0v) is 10.0. The summed E-state index contributed by atoms with van der Waals surface area (Å²) in [6.07, 6.45) is 0.887. The van der Waals surface area contributed by atoms with Crippen molar-refractivity contribution >= 4 is 33.0 Å². The quantitative estimate of drug-likeness (QED) is 0.665. The molecular formula is C9H11BrN2OS. The largest absolute Gasteiger partial charge is 0.411 e. The fourth-order valence-corrected chi connectivity index (χ4v) is 2.81.